The molecule has 1 N–H and O–H groups in total. The van der Waals surface area contributed by atoms with Crippen molar-refractivity contribution in [3.63, 3.8) is 0 Å². The summed E-state index contributed by atoms with van der Waals surface area (Å²) in [7, 11) is 0. The molecule has 0 spiro atoms. The van der Waals surface area contributed by atoms with Crippen molar-refractivity contribution < 1.29 is 24.2 Å². The van der Waals surface area contributed by atoms with Crippen LogP contribution in [0, 0.1) is 27.2 Å². The standard InChI is InChI=1S/C21H22N4O7/c1-14-5-6-16(25(30)31)12-18(14)22-20(26)13-32-21(27)17-11-15(24(28)29)7-8-19(17)23-9-3-2-4-10-23/h5-8,11-12H,2-4,9-10,13H2,1H3,(H,22,26). The first-order valence-electron chi connectivity index (χ1n) is 10.0. The lowest BCUT2D eigenvalue weighted by molar-refractivity contribution is -0.385. The van der Waals surface area contributed by atoms with Crippen LogP contribution >= 0.6 is 0 Å². The second-order valence-corrected chi connectivity index (χ2v) is 7.39. The molecule has 2 aromatic carbocycles. The summed E-state index contributed by atoms with van der Waals surface area (Å²) in [5.74, 6) is -1.55. The third-order valence-corrected chi connectivity index (χ3v) is 5.15. The molecule has 0 atom stereocenters. The maximum atomic E-state index is 12.7. The van der Waals surface area contributed by atoms with E-state index in [2.05, 4.69) is 5.32 Å². The molecule has 32 heavy (non-hydrogen) atoms. The molecule has 1 aliphatic heterocycles. The zero-order valence-electron chi connectivity index (χ0n) is 17.4. The number of nitrogens with zero attached hydrogens (tertiary/aromatic N) is 3. The van der Waals surface area contributed by atoms with Crippen LogP contribution in [0.3, 0.4) is 0 Å². The van der Waals surface area contributed by atoms with Crippen LogP contribution in [0.25, 0.3) is 0 Å². The Morgan fingerprint density at radius 3 is 2.28 bits per heavy atom. The minimum absolute atomic E-state index is 0.0143. The molecule has 1 amide bonds. The molecule has 0 saturated carbocycles. The summed E-state index contributed by atoms with van der Waals surface area (Å²) in [6.07, 6.45) is 2.95. The number of non-ortho nitro benzene ring substituents is 2. The van der Waals surface area contributed by atoms with E-state index >= 15 is 0 Å². The molecule has 1 fully saturated rings. The normalized spacial score (nSPS) is 13.3. The summed E-state index contributed by atoms with van der Waals surface area (Å²) in [6.45, 7) is 2.44. The lowest BCUT2D eigenvalue weighted by atomic mass is 10.1. The van der Waals surface area contributed by atoms with Gasteiger partial charge < -0.3 is 15.0 Å². The van der Waals surface area contributed by atoms with Crippen molar-refractivity contribution in [3.8, 4) is 0 Å². The zero-order valence-corrected chi connectivity index (χ0v) is 17.4. The maximum absolute atomic E-state index is 12.7. The third kappa shape index (κ3) is 5.36. The predicted octanol–water partition coefficient (Wildman–Crippen LogP) is 3.60. The Hall–Kier alpha value is -4.02. The topological polar surface area (TPSA) is 145 Å². The Balaban J connectivity index is 1.73. The number of esters is 1. The first kappa shape index (κ1) is 22.7. The second kappa shape index (κ2) is 9.86. The monoisotopic (exact) mass is 442 g/mol. The number of anilines is 2. The fourth-order valence-corrected chi connectivity index (χ4v) is 3.47. The van der Waals surface area contributed by atoms with Gasteiger partial charge in [0.25, 0.3) is 17.3 Å². The first-order valence-corrected chi connectivity index (χ1v) is 10.0. The van der Waals surface area contributed by atoms with E-state index in [0.717, 1.165) is 25.3 Å². The summed E-state index contributed by atoms with van der Waals surface area (Å²) in [6, 6.07) is 8.02. The summed E-state index contributed by atoms with van der Waals surface area (Å²) in [5.41, 5.74) is 0.918. The van der Waals surface area contributed by atoms with E-state index in [1.54, 1.807) is 6.92 Å². The Labute approximate surface area is 183 Å². The highest BCUT2D eigenvalue weighted by molar-refractivity contribution is 5.99. The molecule has 1 heterocycles. The lowest BCUT2D eigenvalue weighted by Gasteiger charge is -2.30. The molecule has 11 nitrogen and oxygen atoms in total. The van der Waals surface area contributed by atoms with E-state index in [1.165, 1.54) is 30.3 Å². The number of amides is 1. The van der Waals surface area contributed by atoms with Crippen LogP contribution in [0.5, 0.6) is 0 Å². The highest BCUT2D eigenvalue weighted by atomic mass is 16.6. The van der Waals surface area contributed by atoms with Crippen LogP contribution in [0.1, 0.15) is 35.2 Å². The molecule has 2 aromatic rings. The summed E-state index contributed by atoms with van der Waals surface area (Å²) >= 11 is 0. The van der Waals surface area contributed by atoms with E-state index in [-0.39, 0.29) is 22.6 Å². The summed E-state index contributed by atoms with van der Waals surface area (Å²) in [4.78, 5) is 47.9. The number of nitro benzene ring substituents is 2. The van der Waals surface area contributed by atoms with Gasteiger partial charge in [-0.1, -0.05) is 6.07 Å². The zero-order chi connectivity index (χ0) is 23.3. The Bertz CT molecular complexity index is 1060. The molecule has 11 heteroatoms. The van der Waals surface area contributed by atoms with Gasteiger partial charge in [-0.15, -0.1) is 0 Å². The van der Waals surface area contributed by atoms with E-state index in [4.69, 9.17) is 4.74 Å². The Morgan fingerprint density at radius 1 is 1.00 bits per heavy atom. The van der Waals surface area contributed by atoms with Crippen molar-refractivity contribution in [2.75, 3.05) is 29.9 Å². The fraction of sp³-hybridized carbons (Fsp3) is 0.333. The smallest absolute Gasteiger partial charge is 0.341 e. The highest BCUT2D eigenvalue weighted by Gasteiger charge is 2.23. The molecule has 1 saturated heterocycles. The van der Waals surface area contributed by atoms with E-state index in [9.17, 15) is 29.8 Å². The van der Waals surface area contributed by atoms with Crippen LogP contribution in [0.15, 0.2) is 36.4 Å². The molecule has 168 valence electrons. The molecular weight excluding hydrogens is 420 g/mol. The van der Waals surface area contributed by atoms with Crippen LogP contribution in [-0.4, -0.2) is 41.4 Å². The van der Waals surface area contributed by atoms with Crippen LogP contribution in [0.2, 0.25) is 0 Å². The molecule has 0 aliphatic carbocycles. The number of nitro groups is 2. The quantitative estimate of drug-likeness (QED) is 0.389. The van der Waals surface area contributed by atoms with Gasteiger partial charge >= 0.3 is 5.97 Å². The van der Waals surface area contributed by atoms with Gasteiger partial charge in [0.1, 0.15) is 0 Å². The maximum Gasteiger partial charge on any atom is 0.341 e. The molecule has 1 aliphatic rings. The van der Waals surface area contributed by atoms with Gasteiger partial charge in [0.05, 0.1) is 26.8 Å². The number of carbonyl (C=O) groups is 2. The predicted molar refractivity (Wildman–Crippen MR) is 116 cm³/mol. The van der Waals surface area contributed by atoms with E-state index in [0.29, 0.717) is 24.3 Å². The number of rotatable bonds is 7. The first-order chi connectivity index (χ1) is 15.3. The van der Waals surface area contributed by atoms with Crippen molar-refractivity contribution in [2.45, 2.75) is 26.2 Å². The number of carbonyl (C=O) groups excluding carboxylic acids is 2. The van der Waals surface area contributed by atoms with Gasteiger partial charge in [-0.25, -0.2) is 4.79 Å². The van der Waals surface area contributed by atoms with Crippen molar-refractivity contribution in [1.29, 1.82) is 0 Å². The molecule has 3 rings (SSSR count). The van der Waals surface area contributed by atoms with E-state index in [1.807, 2.05) is 4.90 Å². The van der Waals surface area contributed by atoms with Gasteiger partial charge in [0, 0.05) is 37.4 Å². The number of hydrogen-bond donors (Lipinski definition) is 1. The van der Waals surface area contributed by atoms with Gasteiger partial charge in [-0.2, -0.15) is 0 Å². The number of piperidine rings is 1. The number of hydrogen-bond acceptors (Lipinski definition) is 8. The van der Waals surface area contributed by atoms with Crippen molar-refractivity contribution >= 4 is 34.6 Å². The van der Waals surface area contributed by atoms with Gasteiger partial charge in [-0.05, 0) is 37.8 Å². The van der Waals surface area contributed by atoms with Crippen molar-refractivity contribution in [3.05, 3.63) is 67.8 Å². The highest BCUT2D eigenvalue weighted by Crippen LogP contribution is 2.29. The molecule has 0 aromatic heterocycles. The van der Waals surface area contributed by atoms with Gasteiger partial charge in [-0.3, -0.25) is 25.0 Å². The van der Waals surface area contributed by atoms with Gasteiger partial charge in [0.2, 0.25) is 0 Å². The van der Waals surface area contributed by atoms with Crippen molar-refractivity contribution in [1.82, 2.24) is 0 Å². The fourth-order valence-electron chi connectivity index (χ4n) is 3.47. The van der Waals surface area contributed by atoms with Crippen molar-refractivity contribution in [2.24, 2.45) is 0 Å². The minimum Gasteiger partial charge on any atom is -0.452 e. The van der Waals surface area contributed by atoms with Crippen LogP contribution in [0.4, 0.5) is 22.7 Å². The number of nitrogens with one attached hydrogen (secondary N) is 1. The SMILES string of the molecule is Cc1ccc([N+](=O)[O-])cc1NC(=O)COC(=O)c1cc([N+](=O)[O-])ccc1N1CCCCC1. The third-order valence-electron chi connectivity index (χ3n) is 5.15. The molecular formula is C21H22N4O7. The second-order valence-electron chi connectivity index (χ2n) is 7.39. The molecule has 0 radical (unpaired) electrons. The Morgan fingerprint density at radius 2 is 1.62 bits per heavy atom. The van der Waals surface area contributed by atoms with E-state index < -0.39 is 28.3 Å². The number of benzene rings is 2. The largest absolute Gasteiger partial charge is 0.452 e. The van der Waals surface area contributed by atoms with Crippen LogP contribution < -0.4 is 10.2 Å². The minimum atomic E-state index is -0.861. The summed E-state index contributed by atoms with van der Waals surface area (Å²) < 4.78 is 5.11. The number of aryl methyl sites for hydroxylation is 1. The lowest BCUT2D eigenvalue weighted by Crippen LogP contribution is -2.31. The Kier molecular flexibility index (Phi) is 6.98. The average molecular weight is 442 g/mol. The number of ether oxygens (including phenoxy) is 1. The molecule has 0 bridgehead atoms. The average Bonchev–Trinajstić information content (AvgIpc) is 2.78. The summed E-state index contributed by atoms with van der Waals surface area (Å²) in [5, 5.41) is 24.6. The molecule has 0 unspecified atom stereocenters. The van der Waals surface area contributed by atoms with Crippen LogP contribution in [-0.2, 0) is 9.53 Å². The van der Waals surface area contributed by atoms with Gasteiger partial charge in [0.15, 0.2) is 6.61 Å².